The number of fused-ring (bicyclic) bond motifs is 2. The monoisotopic (exact) mass is 448 g/mol. The van der Waals surface area contributed by atoms with E-state index in [2.05, 4.69) is 30.1 Å². The highest BCUT2D eigenvalue weighted by molar-refractivity contribution is 7.12. The second-order valence-corrected chi connectivity index (χ2v) is 11.6. The maximum atomic E-state index is 12.2. The third-order valence-corrected chi connectivity index (χ3v) is 9.43. The molecule has 0 unspecified atom stereocenters. The summed E-state index contributed by atoms with van der Waals surface area (Å²) in [7, 11) is 0. The predicted octanol–water partition coefficient (Wildman–Crippen LogP) is 2.34. The highest BCUT2D eigenvalue weighted by atomic mass is 32.1. The molecule has 1 saturated heterocycles. The molecule has 3 fully saturated rings. The number of thiophene rings is 1. The molecule has 31 heavy (non-hydrogen) atoms. The van der Waals surface area contributed by atoms with E-state index in [1.54, 1.807) is 4.88 Å². The van der Waals surface area contributed by atoms with Crippen LogP contribution < -0.4 is 5.32 Å². The summed E-state index contributed by atoms with van der Waals surface area (Å²) in [5.74, 6) is 0.293. The Bertz CT molecular complexity index is 830. The molecule has 1 aromatic rings. The lowest BCUT2D eigenvalue weighted by Gasteiger charge is -2.49. The van der Waals surface area contributed by atoms with Crippen LogP contribution in [0.3, 0.4) is 0 Å². The molecule has 4 aliphatic rings. The van der Waals surface area contributed by atoms with E-state index in [1.807, 2.05) is 11.3 Å². The van der Waals surface area contributed by atoms with Gasteiger partial charge in [0.1, 0.15) is 5.60 Å². The molecule has 3 heterocycles. The van der Waals surface area contributed by atoms with Crippen molar-refractivity contribution in [2.24, 2.45) is 5.92 Å². The predicted molar refractivity (Wildman–Crippen MR) is 120 cm³/mol. The second kappa shape index (κ2) is 8.10. The first-order valence-electron chi connectivity index (χ1n) is 12.0. The molecule has 3 N–H and O–H groups in total. The van der Waals surface area contributed by atoms with E-state index in [-0.39, 0.29) is 30.4 Å². The molecule has 0 radical (unpaired) electrons. The summed E-state index contributed by atoms with van der Waals surface area (Å²) in [6.07, 6.45) is 6.02. The fraction of sp³-hybridized carbons (Fsp3) is 0.792. The smallest absolute Gasteiger partial charge is 0.252 e. The van der Waals surface area contributed by atoms with E-state index in [1.165, 1.54) is 10.4 Å². The fourth-order valence-electron chi connectivity index (χ4n) is 6.11. The van der Waals surface area contributed by atoms with Crippen LogP contribution in [0.5, 0.6) is 0 Å². The van der Waals surface area contributed by atoms with Crippen LogP contribution in [0.25, 0.3) is 0 Å². The minimum Gasteiger partial charge on any atom is -0.393 e. The summed E-state index contributed by atoms with van der Waals surface area (Å²) in [4.78, 5) is 17.9. The molecule has 0 bridgehead atoms. The maximum Gasteiger partial charge on any atom is 0.252 e. The van der Waals surface area contributed by atoms with E-state index in [4.69, 9.17) is 4.74 Å². The minimum absolute atomic E-state index is 0.0909. The van der Waals surface area contributed by atoms with Crippen molar-refractivity contribution in [1.82, 2.24) is 10.2 Å². The van der Waals surface area contributed by atoms with E-state index < -0.39 is 11.7 Å². The lowest BCUT2D eigenvalue weighted by atomic mass is 9.74. The lowest BCUT2D eigenvalue weighted by molar-refractivity contribution is -0.165. The van der Waals surface area contributed by atoms with Gasteiger partial charge in [-0.1, -0.05) is 6.92 Å². The van der Waals surface area contributed by atoms with Gasteiger partial charge in [-0.15, -0.1) is 11.3 Å². The number of rotatable bonds is 5. The molecule has 1 aromatic heterocycles. The van der Waals surface area contributed by atoms with Crippen LogP contribution in [0.1, 0.15) is 67.7 Å². The summed E-state index contributed by atoms with van der Waals surface area (Å²) in [5, 5.41) is 22.6. The zero-order valence-electron chi connectivity index (χ0n) is 18.7. The molecule has 2 aliphatic carbocycles. The molecular formula is C24H36N2O4S. The number of nitrogens with one attached hydrogen (secondary N) is 1. The highest BCUT2D eigenvalue weighted by Gasteiger charge is 2.50. The number of hydrogen-bond donors (Lipinski definition) is 3. The third-order valence-electron chi connectivity index (χ3n) is 8.09. The average Bonchev–Trinajstić information content (AvgIpc) is 3.12. The Morgan fingerprint density at radius 2 is 2.13 bits per heavy atom. The van der Waals surface area contributed by atoms with Gasteiger partial charge in [0.15, 0.2) is 0 Å². The maximum absolute atomic E-state index is 12.2. The first-order chi connectivity index (χ1) is 14.8. The molecule has 2 saturated carbocycles. The van der Waals surface area contributed by atoms with Crippen LogP contribution >= 0.6 is 11.3 Å². The number of likely N-dealkylation sites (tertiary alicyclic amines) is 1. The molecule has 6 nitrogen and oxygen atoms in total. The van der Waals surface area contributed by atoms with Gasteiger partial charge in [0.25, 0.3) is 5.91 Å². The van der Waals surface area contributed by atoms with Gasteiger partial charge in [-0.2, -0.15) is 0 Å². The molecule has 172 valence electrons. The van der Waals surface area contributed by atoms with Crippen LogP contribution in [0.2, 0.25) is 0 Å². The Hall–Kier alpha value is -0.990. The molecule has 1 spiro atoms. The average molecular weight is 449 g/mol. The Kier molecular flexibility index (Phi) is 5.70. The largest absolute Gasteiger partial charge is 0.393 e. The van der Waals surface area contributed by atoms with Crippen molar-refractivity contribution < 1.29 is 19.7 Å². The van der Waals surface area contributed by atoms with Crippen molar-refractivity contribution >= 4 is 17.2 Å². The van der Waals surface area contributed by atoms with Gasteiger partial charge in [0.05, 0.1) is 18.3 Å². The first kappa shape index (κ1) is 21.8. The third kappa shape index (κ3) is 3.97. The molecule has 0 aromatic carbocycles. The number of hydrogen-bond acceptors (Lipinski definition) is 6. The minimum atomic E-state index is -1.35. The van der Waals surface area contributed by atoms with Gasteiger partial charge in [-0.3, -0.25) is 4.79 Å². The second-order valence-electron chi connectivity index (χ2n) is 10.4. The number of aryl methyl sites for hydroxylation is 1. The van der Waals surface area contributed by atoms with E-state index in [0.717, 1.165) is 58.2 Å². The summed E-state index contributed by atoms with van der Waals surface area (Å²) >= 11 is 1.98. The fourth-order valence-corrected chi connectivity index (χ4v) is 7.28. The Morgan fingerprint density at radius 3 is 2.81 bits per heavy atom. The van der Waals surface area contributed by atoms with Gasteiger partial charge >= 0.3 is 0 Å². The van der Waals surface area contributed by atoms with Crippen molar-refractivity contribution in [2.75, 3.05) is 19.7 Å². The van der Waals surface area contributed by atoms with Crippen molar-refractivity contribution in [1.29, 1.82) is 0 Å². The summed E-state index contributed by atoms with van der Waals surface area (Å²) < 4.78 is 6.46. The number of ether oxygens (including phenoxy) is 1. The molecule has 7 heteroatoms. The lowest BCUT2D eigenvalue weighted by Crippen LogP contribution is -2.61. The topological polar surface area (TPSA) is 82.0 Å². The van der Waals surface area contributed by atoms with Crippen LogP contribution in [0.4, 0.5) is 0 Å². The number of aliphatic hydroxyl groups excluding tert-OH is 1. The van der Waals surface area contributed by atoms with Crippen molar-refractivity contribution in [2.45, 2.75) is 94.6 Å². The van der Waals surface area contributed by atoms with E-state index in [0.29, 0.717) is 12.0 Å². The Morgan fingerprint density at radius 1 is 1.35 bits per heavy atom. The quantitative estimate of drug-likeness (QED) is 0.644. The van der Waals surface area contributed by atoms with Crippen LogP contribution in [-0.2, 0) is 28.0 Å². The van der Waals surface area contributed by atoms with Crippen LogP contribution in [0.15, 0.2) is 6.07 Å². The highest BCUT2D eigenvalue weighted by Crippen LogP contribution is 2.46. The Labute approximate surface area is 189 Å². The van der Waals surface area contributed by atoms with Crippen molar-refractivity contribution in [3.05, 3.63) is 21.4 Å². The summed E-state index contributed by atoms with van der Waals surface area (Å²) in [5.41, 5.74) is 0.0302. The standard InChI is InChI=1S/C24H36N2O4S/c1-3-19-10-20-21(31-19)4-7-30-24(20)5-6-26(15(2)11-24)14-16-8-17(9-16)25-22(28)23(29)12-18(27)13-23/h10,15-18,27,29H,3-9,11-14H2,1-2H3,(H,25,28)/t15-,16-,17+,18?,23?,24+/m0/s1. The summed E-state index contributed by atoms with van der Waals surface area (Å²) in [6, 6.07) is 3.05. The number of amides is 1. The van der Waals surface area contributed by atoms with Gasteiger partial charge < -0.3 is 25.2 Å². The van der Waals surface area contributed by atoms with Gasteiger partial charge in [-0.05, 0) is 56.6 Å². The van der Waals surface area contributed by atoms with E-state index >= 15 is 0 Å². The van der Waals surface area contributed by atoms with Crippen molar-refractivity contribution in [3.8, 4) is 0 Å². The molecule has 2 aliphatic heterocycles. The zero-order valence-corrected chi connectivity index (χ0v) is 19.5. The van der Waals surface area contributed by atoms with Gasteiger partial charge in [0.2, 0.25) is 0 Å². The number of carbonyl (C=O) groups excluding carboxylic acids is 1. The molecule has 1 amide bonds. The zero-order chi connectivity index (χ0) is 21.8. The SMILES string of the molecule is CCc1cc2c(s1)CCO[C@@]21CCN(C[C@H]2C[C@@H](NC(=O)C3(O)CC(O)C3)C2)[C@@H](C)C1. The Balaban J connectivity index is 1.12. The normalized spacial score (nSPS) is 40.1. The van der Waals surface area contributed by atoms with E-state index in [9.17, 15) is 15.0 Å². The summed E-state index contributed by atoms with van der Waals surface area (Å²) in [6.45, 7) is 7.55. The van der Waals surface area contributed by atoms with Crippen LogP contribution in [0, 0.1) is 5.92 Å². The first-order valence-corrected chi connectivity index (χ1v) is 12.8. The number of piperidine rings is 1. The molecule has 5 rings (SSSR count). The van der Waals surface area contributed by atoms with Gasteiger partial charge in [-0.25, -0.2) is 0 Å². The van der Waals surface area contributed by atoms with Crippen LogP contribution in [-0.4, -0.2) is 64.5 Å². The number of aliphatic hydroxyl groups is 2. The van der Waals surface area contributed by atoms with Gasteiger partial charge in [0, 0.05) is 54.2 Å². The van der Waals surface area contributed by atoms with Crippen molar-refractivity contribution in [3.63, 3.8) is 0 Å². The number of carbonyl (C=O) groups is 1. The number of nitrogens with zero attached hydrogens (tertiary/aromatic N) is 1. The molecule has 2 atom stereocenters. The molecular weight excluding hydrogens is 412 g/mol.